The van der Waals surface area contributed by atoms with E-state index < -0.39 is 0 Å². The lowest BCUT2D eigenvalue weighted by molar-refractivity contribution is -0.0251. The molecular formula is C16H31NO2. The molecule has 0 radical (unpaired) electrons. The number of aliphatic hydroxyl groups is 1. The SMILES string of the molecule is CC1CN(C2CC(C(C)(C)C)CCC2O)CCCO1. The van der Waals surface area contributed by atoms with E-state index in [1.165, 1.54) is 6.42 Å². The number of ether oxygens (including phenoxy) is 1. The van der Waals surface area contributed by atoms with Gasteiger partial charge in [0.15, 0.2) is 0 Å². The van der Waals surface area contributed by atoms with Crippen molar-refractivity contribution >= 4 is 0 Å². The van der Waals surface area contributed by atoms with Crippen LogP contribution in [-0.4, -0.2) is 48.0 Å². The Kier molecular flexibility index (Phi) is 4.91. The Labute approximate surface area is 118 Å². The summed E-state index contributed by atoms with van der Waals surface area (Å²) < 4.78 is 5.73. The number of hydrogen-bond donors (Lipinski definition) is 1. The van der Waals surface area contributed by atoms with Gasteiger partial charge >= 0.3 is 0 Å². The molecule has 1 aliphatic carbocycles. The molecule has 2 aliphatic rings. The predicted octanol–water partition coefficient (Wildman–Crippen LogP) is 2.67. The second-order valence-electron chi connectivity index (χ2n) is 7.54. The van der Waals surface area contributed by atoms with Gasteiger partial charge in [-0.1, -0.05) is 20.8 Å². The summed E-state index contributed by atoms with van der Waals surface area (Å²) in [4.78, 5) is 2.49. The first-order valence-corrected chi connectivity index (χ1v) is 7.91. The van der Waals surface area contributed by atoms with Gasteiger partial charge < -0.3 is 9.84 Å². The smallest absolute Gasteiger partial charge is 0.0695 e. The van der Waals surface area contributed by atoms with Crippen LogP contribution < -0.4 is 0 Å². The molecule has 4 atom stereocenters. The molecule has 19 heavy (non-hydrogen) atoms. The molecule has 2 rings (SSSR count). The quantitative estimate of drug-likeness (QED) is 0.794. The first-order valence-electron chi connectivity index (χ1n) is 7.91. The van der Waals surface area contributed by atoms with E-state index in [1.54, 1.807) is 0 Å². The lowest BCUT2D eigenvalue weighted by atomic mass is 9.70. The lowest BCUT2D eigenvalue weighted by Crippen LogP contribution is -2.50. The maximum atomic E-state index is 10.4. The number of aliphatic hydroxyl groups excluding tert-OH is 1. The van der Waals surface area contributed by atoms with Crippen molar-refractivity contribution in [2.45, 2.75) is 71.6 Å². The van der Waals surface area contributed by atoms with Gasteiger partial charge in [-0.05, 0) is 43.9 Å². The van der Waals surface area contributed by atoms with Gasteiger partial charge in [0, 0.05) is 25.7 Å². The van der Waals surface area contributed by atoms with Crippen LogP contribution in [0, 0.1) is 11.3 Å². The highest BCUT2D eigenvalue weighted by Gasteiger charge is 2.38. The molecule has 0 aromatic carbocycles. The fourth-order valence-corrected chi connectivity index (χ4v) is 3.64. The molecule has 112 valence electrons. The summed E-state index contributed by atoms with van der Waals surface area (Å²) in [6.07, 6.45) is 4.50. The highest BCUT2D eigenvalue weighted by atomic mass is 16.5. The summed E-state index contributed by atoms with van der Waals surface area (Å²) in [7, 11) is 0. The molecule has 0 aromatic heterocycles. The minimum atomic E-state index is -0.149. The van der Waals surface area contributed by atoms with Crippen molar-refractivity contribution in [3.63, 3.8) is 0 Å². The van der Waals surface area contributed by atoms with E-state index in [0.29, 0.717) is 17.6 Å². The number of hydrogen-bond acceptors (Lipinski definition) is 3. The van der Waals surface area contributed by atoms with Crippen molar-refractivity contribution in [1.29, 1.82) is 0 Å². The molecule has 1 heterocycles. The Morgan fingerprint density at radius 3 is 2.63 bits per heavy atom. The normalized spacial score (nSPS) is 39.0. The van der Waals surface area contributed by atoms with Gasteiger partial charge in [-0.2, -0.15) is 0 Å². The summed E-state index contributed by atoms with van der Waals surface area (Å²) in [5, 5.41) is 10.4. The Morgan fingerprint density at radius 2 is 1.95 bits per heavy atom. The molecule has 1 saturated heterocycles. The van der Waals surface area contributed by atoms with Gasteiger partial charge in [0.05, 0.1) is 12.2 Å². The zero-order chi connectivity index (χ0) is 14.0. The average molecular weight is 269 g/mol. The van der Waals surface area contributed by atoms with Gasteiger partial charge in [-0.15, -0.1) is 0 Å². The molecule has 0 aromatic rings. The summed E-state index contributed by atoms with van der Waals surface area (Å²) >= 11 is 0. The van der Waals surface area contributed by atoms with E-state index in [1.807, 2.05) is 0 Å². The van der Waals surface area contributed by atoms with Crippen LogP contribution in [0.4, 0.5) is 0 Å². The standard InChI is InChI=1S/C16H31NO2/c1-12-11-17(8-5-9-19-12)14-10-13(16(2,3)4)6-7-15(14)18/h12-15,18H,5-11H2,1-4H3. The summed E-state index contributed by atoms with van der Waals surface area (Å²) in [6, 6.07) is 0.335. The van der Waals surface area contributed by atoms with Crippen LogP contribution in [-0.2, 0) is 4.74 Å². The third kappa shape index (κ3) is 3.93. The van der Waals surface area contributed by atoms with Crippen molar-refractivity contribution in [3.05, 3.63) is 0 Å². The first-order chi connectivity index (χ1) is 8.88. The monoisotopic (exact) mass is 269 g/mol. The molecule has 0 amide bonds. The zero-order valence-corrected chi connectivity index (χ0v) is 13.1. The molecular weight excluding hydrogens is 238 g/mol. The third-order valence-corrected chi connectivity index (χ3v) is 4.96. The van der Waals surface area contributed by atoms with Crippen molar-refractivity contribution in [3.8, 4) is 0 Å². The molecule has 3 heteroatoms. The van der Waals surface area contributed by atoms with Crippen molar-refractivity contribution in [2.24, 2.45) is 11.3 Å². The summed E-state index contributed by atoms with van der Waals surface area (Å²) in [5.74, 6) is 0.723. The highest BCUT2D eigenvalue weighted by molar-refractivity contribution is 4.91. The van der Waals surface area contributed by atoms with Gasteiger partial charge in [-0.3, -0.25) is 4.90 Å². The van der Waals surface area contributed by atoms with Crippen molar-refractivity contribution in [1.82, 2.24) is 4.90 Å². The second kappa shape index (κ2) is 6.11. The van der Waals surface area contributed by atoms with Crippen LogP contribution in [0.5, 0.6) is 0 Å². The van der Waals surface area contributed by atoms with E-state index in [9.17, 15) is 5.11 Å². The van der Waals surface area contributed by atoms with E-state index in [2.05, 4.69) is 32.6 Å². The number of nitrogens with zero attached hydrogens (tertiary/aromatic N) is 1. The first kappa shape index (κ1) is 15.3. The molecule has 0 bridgehead atoms. The van der Waals surface area contributed by atoms with Crippen molar-refractivity contribution in [2.75, 3.05) is 19.7 Å². The molecule has 0 spiro atoms. The second-order valence-corrected chi connectivity index (χ2v) is 7.54. The minimum absolute atomic E-state index is 0.149. The van der Waals surface area contributed by atoms with Gasteiger partial charge in [0.25, 0.3) is 0 Å². The van der Waals surface area contributed by atoms with Crippen LogP contribution in [0.15, 0.2) is 0 Å². The average Bonchev–Trinajstić information content (AvgIpc) is 2.53. The maximum absolute atomic E-state index is 10.4. The van der Waals surface area contributed by atoms with Crippen molar-refractivity contribution < 1.29 is 9.84 Å². The van der Waals surface area contributed by atoms with Gasteiger partial charge in [0.2, 0.25) is 0 Å². The van der Waals surface area contributed by atoms with Gasteiger partial charge in [0.1, 0.15) is 0 Å². The molecule has 2 fully saturated rings. The molecule has 1 saturated carbocycles. The minimum Gasteiger partial charge on any atom is -0.391 e. The van der Waals surface area contributed by atoms with Crippen LogP contribution in [0.1, 0.15) is 53.4 Å². The molecule has 3 nitrogen and oxygen atoms in total. The van der Waals surface area contributed by atoms with Crippen LogP contribution in [0.25, 0.3) is 0 Å². The number of rotatable bonds is 1. The highest BCUT2D eigenvalue weighted by Crippen LogP contribution is 2.39. The summed E-state index contributed by atoms with van der Waals surface area (Å²) in [6.45, 7) is 12.1. The summed E-state index contributed by atoms with van der Waals surface area (Å²) in [5.41, 5.74) is 0.354. The van der Waals surface area contributed by atoms with E-state index in [-0.39, 0.29) is 6.10 Å². The molecule has 1 N–H and O–H groups in total. The molecule has 4 unspecified atom stereocenters. The Hall–Kier alpha value is -0.120. The third-order valence-electron chi connectivity index (χ3n) is 4.96. The fourth-order valence-electron chi connectivity index (χ4n) is 3.64. The Balaban J connectivity index is 2.03. The maximum Gasteiger partial charge on any atom is 0.0695 e. The van der Waals surface area contributed by atoms with Gasteiger partial charge in [-0.25, -0.2) is 0 Å². The predicted molar refractivity (Wildman–Crippen MR) is 78.2 cm³/mol. The lowest BCUT2D eigenvalue weighted by Gasteiger charge is -2.44. The van der Waals surface area contributed by atoms with E-state index in [4.69, 9.17) is 4.74 Å². The van der Waals surface area contributed by atoms with E-state index in [0.717, 1.165) is 44.9 Å². The van der Waals surface area contributed by atoms with Crippen LogP contribution in [0.2, 0.25) is 0 Å². The van der Waals surface area contributed by atoms with Crippen LogP contribution in [0.3, 0.4) is 0 Å². The molecule has 1 aliphatic heterocycles. The van der Waals surface area contributed by atoms with Crippen LogP contribution >= 0.6 is 0 Å². The topological polar surface area (TPSA) is 32.7 Å². The largest absolute Gasteiger partial charge is 0.391 e. The Morgan fingerprint density at radius 1 is 1.21 bits per heavy atom. The van der Waals surface area contributed by atoms with E-state index >= 15 is 0 Å². The zero-order valence-electron chi connectivity index (χ0n) is 13.1. The Bertz CT molecular complexity index is 287. The fraction of sp³-hybridized carbons (Fsp3) is 1.00.